The summed E-state index contributed by atoms with van der Waals surface area (Å²) >= 11 is 1.20. The lowest BCUT2D eigenvalue weighted by Gasteiger charge is -2.23. The van der Waals surface area contributed by atoms with Crippen LogP contribution in [0.5, 0.6) is 11.5 Å². The second-order valence-corrected chi connectivity index (χ2v) is 8.95. The minimum absolute atomic E-state index is 0.0755. The quantitative estimate of drug-likeness (QED) is 0.245. The summed E-state index contributed by atoms with van der Waals surface area (Å²) in [4.78, 5) is 36.6. The number of aliphatic hydroxyl groups is 1. The van der Waals surface area contributed by atoms with Gasteiger partial charge in [0.1, 0.15) is 11.3 Å². The number of carbonyl (C=O) groups is 2. The van der Waals surface area contributed by atoms with Gasteiger partial charge in [-0.3, -0.25) is 14.5 Å². The molecular formula is C25H22N4O5S. The third-order valence-corrected chi connectivity index (χ3v) is 6.75. The molecule has 1 saturated heterocycles. The maximum atomic E-state index is 13.3. The fraction of sp³-hybridized carbons (Fsp3) is 0.200. The molecule has 2 N–H and O–H groups in total. The van der Waals surface area contributed by atoms with Crippen molar-refractivity contribution < 1.29 is 24.5 Å². The number of rotatable bonds is 5. The van der Waals surface area contributed by atoms with Crippen LogP contribution in [0.3, 0.4) is 0 Å². The van der Waals surface area contributed by atoms with Crippen molar-refractivity contribution in [3.05, 3.63) is 76.2 Å². The van der Waals surface area contributed by atoms with Crippen molar-refractivity contribution in [1.29, 1.82) is 0 Å². The molecule has 0 bridgehead atoms. The molecule has 0 saturated carbocycles. The van der Waals surface area contributed by atoms with E-state index in [0.717, 1.165) is 5.56 Å². The number of aromatic nitrogens is 3. The number of imidazole rings is 1. The summed E-state index contributed by atoms with van der Waals surface area (Å²) in [5.74, 6) is -1.90. The predicted octanol–water partition coefficient (Wildman–Crippen LogP) is 4.14. The molecule has 178 valence electrons. The van der Waals surface area contributed by atoms with Crippen molar-refractivity contribution in [3.8, 4) is 11.5 Å². The molecule has 0 spiro atoms. The number of amides is 1. The van der Waals surface area contributed by atoms with E-state index in [9.17, 15) is 19.8 Å². The molecule has 1 aliphatic heterocycles. The molecule has 1 aromatic carbocycles. The first kappa shape index (κ1) is 22.6. The van der Waals surface area contributed by atoms with Gasteiger partial charge >= 0.3 is 5.91 Å². The Labute approximate surface area is 204 Å². The van der Waals surface area contributed by atoms with Gasteiger partial charge < -0.3 is 19.4 Å². The Balaban J connectivity index is 1.77. The van der Waals surface area contributed by atoms with Crippen molar-refractivity contribution in [2.45, 2.75) is 26.8 Å². The van der Waals surface area contributed by atoms with Gasteiger partial charge in [-0.2, -0.15) is 0 Å². The van der Waals surface area contributed by atoms with Crippen LogP contribution in [0.4, 0.5) is 5.13 Å². The van der Waals surface area contributed by atoms with E-state index in [1.807, 2.05) is 29.7 Å². The number of phenolic OH excluding ortho intramolecular Hbond substituents is 1. The van der Waals surface area contributed by atoms with Crippen LogP contribution in [0.1, 0.15) is 35.5 Å². The van der Waals surface area contributed by atoms with Crippen molar-refractivity contribution in [1.82, 2.24) is 14.4 Å². The minimum atomic E-state index is -0.994. The van der Waals surface area contributed by atoms with Crippen LogP contribution < -0.4 is 9.64 Å². The first-order chi connectivity index (χ1) is 16.8. The number of hydrogen-bond donors (Lipinski definition) is 2. The lowest BCUT2D eigenvalue weighted by Crippen LogP contribution is -2.29. The first-order valence-electron chi connectivity index (χ1n) is 10.9. The van der Waals surface area contributed by atoms with E-state index in [-0.39, 0.29) is 28.5 Å². The molecule has 1 aliphatic rings. The predicted molar refractivity (Wildman–Crippen MR) is 131 cm³/mol. The number of ether oxygens (including phenoxy) is 1. The van der Waals surface area contributed by atoms with Crippen molar-refractivity contribution >= 4 is 39.6 Å². The SMILES string of the molecule is CCOc1cc(C2/C(=C(\O)c3nc4c(C)cccn4c3C)C(=O)C(=O)N2c2nccs2)ccc1O. The first-order valence-corrected chi connectivity index (χ1v) is 11.8. The summed E-state index contributed by atoms with van der Waals surface area (Å²) < 4.78 is 7.35. The number of nitrogens with zero attached hydrogens (tertiary/aromatic N) is 4. The van der Waals surface area contributed by atoms with E-state index < -0.39 is 17.7 Å². The largest absolute Gasteiger partial charge is 0.505 e. The molecule has 5 rings (SSSR count). The van der Waals surface area contributed by atoms with Crippen LogP contribution in [0.15, 0.2) is 53.7 Å². The highest BCUT2D eigenvalue weighted by Gasteiger charge is 2.48. The number of thiazole rings is 1. The highest BCUT2D eigenvalue weighted by molar-refractivity contribution is 7.14. The second-order valence-electron chi connectivity index (χ2n) is 8.07. The number of fused-ring (bicyclic) bond motifs is 1. The number of aromatic hydroxyl groups is 1. The number of anilines is 1. The molecule has 9 nitrogen and oxygen atoms in total. The second kappa shape index (κ2) is 8.55. The van der Waals surface area contributed by atoms with Gasteiger partial charge in [0.25, 0.3) is 5.78 Å². The summed E-state index contributed by atoms with van der Waals surface area (Å²) in [6.07, 6.45) is 3.36. The Morgan fingerprint density at radius 2 is 2.03 bits per heavy atom. The van der Waals surface area contributed by atoms with E-state index >= 15 is 0 Å². The van der Waals surface area contributed by atoms with E-state index in [4.69, 9.17) is 4.74 Å². The molecule has 3 aromatic heterocycles. The molecule has 1 amide bonds. The zero-order valence-corrected chi connectivity index (χ0v) is 20.0. The van der Waals surface area contributed by atoms with Crippen LogP contribution in [-0.4, -0.2) is 42.9 Å². The maximum Gasteiger partial charge on any atom is 0.301 e. The standard InChI is InChI=1S/C25H22N4O5S/c1-4-34-17-12-15(7-8-16(17)30)20-18(22(32)24(33)29(20)25-26-9-11-35-25)21(31)19-14(3)28-10-5-6-13(2)23(28)27-19/h5-12,20,30-31H,4H2,1-3H3/b21-18+. The van der Waals surface area contributed by atoms with Gasteiger partial charge in [0, 0.05) is 17.8 Å². The molecular weight excluding hydrogens is 468 g/mol. The Bertz CT molecular complexity index is 1510. The fourth-order valence-corrected chi connectivity index (χ4v) is 4.99. The fourth-order valence-electron chi connectivity index (χ4n) is 4.33. The molecule has 0 radical (unpaired) electrons. The number of hydrogen-bond acceptors (Lipinski definition) is 8. The topological polar surface area (TPSA) is 117 Å². The normalized spacial score (nSPS) is 17.5. The molecule has 0 aliphatic carbocycles. The average molecular weight is 491 g/mol. The smallest absolute Gasteiger partial charge is 0.301 e. The number of carbonyl (C=O) groups excluding carboxylic acids is 2. The summed E-state index contributed by atoms with van der Waals surface area (Å²) in [6, 6.07) is 7.35. The highest BCUT2D eigenvalue weighted by Crippen LogP contribution is 2.44. The highest BCUT2D eigenvalue weighted by atomic mass is 32.1. The van der Waals surface area contributed by atoms with Crippen molar-refractivity contribution in [2.75, 3.05) is 11.5 Å². The van der Waals surface area contributed by atoms with Gasteiger partial charge in [0.05, 0.1) is 23.9 Å². The number of aryl methyl sites for hydroxylation is 2. The van der Waals surface area contributed by atoms with Crippen LogP contribution in [0, 0.1) is 13.8 Å². The van der Waals surface area contributed by atoms with E-state index in [1.165, 1.54) is 28.5 Å². The summed E-state index contributed by atoms with van der Waals surface area (Å²) in [6.45, 7) is 5.78. The number of aliphatic hydroxyl groups excluding tert-OH is 1. The van der Waals surface area contributed by atoms with E-state index in [2.05, 4.69) is 9.97 Å². The third-order valence-electron chi connectivity index (χ3n) is 5.98. The summed E-state index contributed by atoms with van der Waals surface area (Å²) in [5.41, 5.74) is 2.74. The van der Waals surface area contributed by atoms with Gasteiger partial charge in [0.2, 0.25) is 0 Å². The third kappa shape index (κ3) is 3.53. The van der Waals surface area contributed by atoms with Crippen molar-refractivity contribution in [3.63, 3.8) is 0 Å². The Kier molecular flexibility index (Phi) is 5.52. The summed E-state index contributed by atoms with van der Waals surface area (Å²) in [5, 5.41) is 23.7. The van der Waals surface area contributed by atoms with E-state index in [0.29, 0.717) is 28.6 Å². The summed E-state index contributed by atoms with van der Waals surface area (Å²) in [7, 11) is 0. The lowest BCUT2D eigenvalue weighted by molar-refractivity contribution is -0.132. The zero-order valence-electron chi connectivity index (χ0n) is 19.2. The monoisotopic (exact) mass is 490 g/mol. The Morgan fingerprint density at radius 3 is 2.71 bits per heavy atom. The van der Waals surface area contributed by atoms with Gasteiger partial charge in [-0.1, -0.05) is 12.1 Å². The van der Waals surface area contributed by atoms with Crippen LogP contribution in [0.2, 0.25) is 0 Å². The van der Waals surface area contributed by atoms with Crippen LogP contribution in [0.25, 0.3) is 11.4 Å². The maximum absolute atomic E-state index is 13.3. The van der Waals surface area contributed by atoms with Gasteiger partial charge in [-0.05, 0) is 50.1 Å². The number of ketones is 1. The Morgan fingerprint density at radius 1 is 1.23 bits per heavy atom. The van der Waals surface area contributed by atoms with Gasteiger partial charge in [-0.15, -0.1) is 11.3 Å². The lowest BCUT2D eigenvalue weighted by atomic mass is 9.96. The minimum Gasteiger partial charge on any atom is -0.505 e. The molecule has 1 atom stereocenters. The number of Topliss-reactive ketones (excluding diaryl/α,β-unsaturated/α-hetero) is 1. The number of pyridine rings is 1. The molecule has 1 fully saturated rings. The number of benzene rings is 1. The van der Waals surface area contributed by atoms with E-state index in [1.54, 1.807) is 31.4 Å². The average Bonchev–Trinajstić information content (AvgIpc) is 3.54. The van der Waals surface area contributed by atoms with Crippen LogP contribution >= 0.6 is 11.3 Å². The van der Waals surface area contributed by atoms with Gasteiger partial charge in [-0.25, -0.2) is 9.97 Å². The molecule has 4 heterocycles. The molecule has 4 aromatic rings. The molecule has 35 heavy (non-hydrogen) atoms. The molecule has 10 heteroatoms. The zero-order chi connectivity index (χ0) is 24.9. The molecule has 1 unspecified atom stereocenters. The van der Waals surface area contributed by atoms with Crippen LogP contribution in [-0.2, 0) is 9.59 Å². The van der Waals surface area contributed by atoms with Crippen molar-refractivity contribution in [2.24, 2.45) is 0 Å². The van der Waals surface area contributed by atoms with Gasteiger partial charge in [0.15, 0.2) is 22.4 Å². The Hall–Kier alpha value is -4.18. The number of phenols is 1.